The Morgan fingerprint density at radius 2 is 1.77 bits per heavy atom. The third-order valence-corrected chi connectivity index (χ3v) is 6.76. The van der Waals surface area contributed by atoms with Crippen molar-refractivity contribution in [2.75, 3.05) is 32.2 Å². The fraction of sp³-hybridized carbons (Fsp3) is 0.440. The van der Waals surface area contributed by atoms with Crippen LogP contribution in [0.2, 0.25) is 0 Å². The van der Waals surface area contributed by atoms with Crippen LogP contribution in [0, 0.1) is 5.92 Å². The van der Waals surface area contributed by atoms with Crippen LogP contribution in [-0.4, -0.2) is 61.2 Å². The van der Waals surface area contributed by atoms with E-state index >= 15 is 0 Å². The maximum atomic E-state index is 13.7. The standard InChI is InChI=1S/C25H32N4O5S/c1-7-33-21(30)18-16(3)27-25(4,17-12-10-9-11-13-17)19(22(31)34-8-2)20(18)29(24(32)28(5)6)23-26-14-15-35-23/h9-15,19-20,27H,7-8H2,1-6H3. The molecule has 2 heterocycles. The summed E-state index contributed by atoms with van der Waals surface area (Å²) in [5, 5.41) is 5.49. The molecule has 1 aromatic heterocycles. The average Bonchev–Trinajstić information content (AvgIpc) is 3.34. The normalized spacial score (nSPS) is 21.7. The van der Waals surface area contributed by atoms with Gasteiger partial charge in [-0.05, 0) is 33.3 Å². The van der Waals surface area contributed by atoms with Crippen LogP contribution in [0.4, 0.5) is 9.93 Å². The fourth-order valence-corrected chi connectivity index (χ4v) is 5.17. The van der Waals surface area contributed by atoms with Gasteiger partial charge in [0.25, 0.3) is 0 Å². The van der Waals surface area contributed by atoms with Crippen LogP contribution in [-0.2, 0) is 24.6 Å². The van der Waals surface area contributed by atoms with Gasteiger partial charge in [-0.1, -0.05) is 30.3 Å². The Morgan fingerprint density at radius 3 is 2.31 bits per heavy atom. The van der Waals surface area contributed by atoms with Crippen molar-refractivity contribution in [3.63, 3.8) is 0 Å². The molecule has 3 unspecified atom stereocenters. The van der Waals surface area contributed by atoms with Crippen LogP contribution in [0.3, 0.4) is 0 Å². The third kappa shape index (κ3) is 5.02. The number of thiazole rings is 1. The van der Waals surface area contributed by atoms with E-state index in [-0.39, 0.29) is 18.8 Å². The molecule has 2 aromatic rings. The van der Waals surface area contributed by atoms with E-state index in [1.165, 1.54) is 21.1 Å². The molecule has 1 aliphatic rings. The maximum absolute atomic E-state index is 13.7. The number of anilines is 1. The lowest BCUT2D eigenvalue weighted by Gasteiger charge is -2.49. The highest BCUT2D eigenvalue weighted by Gasteiger charge is 2.56. The molecule has 1 N–H and O–H groups in total. The van der Waals surface area contributed by atoms with E-state index in [0.717, 1.165) is 5.56 Å². The van der Waals surface area contributed by atoms with Gasteiger partial charge in [0, 0.05) is 31.4 Å². The van der Waals surface area contributed by atoms with Crippen molar-refractivity contribution in [3.05, 3.63) is 58.7 Å². The lowest BCUT2D eigenvalue weighted by molar-refractivity contribution is -0.152. The lowest BCUT2D eigenvalue weighted by Crippen LogP contribution is -2.64. The maximum Gasteiger partial charge on any atom is 0.337 e. The van der Waals surface area contributed by atoms with E-state index < -0.39 is 35.5 Å². The number of esters is 2. The molecule has 0 saturated carbocycles. The minimum absolute atomic E-state index is 0.140. The second-order valence-corrected chi connectivity index (χ2v) is 9.36. The lowest BCUT2D eigenvalue weighted by atomic mass is 9.70. The van der Waals surface area contributed by atoms with Crippen LogP contribution in [0.5, 0.6) is 0 Å². The summed E-state index contributed by atoms with van der Waals surface area (Å²) in [6.07, 6.45) is 1.58. The molecular formula is C25H32N4O5S. The molecule has 0 spiro atoms. The van der Waals surface area contributed by atoms with E-state index in [2.05, 4.69) is 10.3 Å². The topological polar surface area (TPSA) is 101 Å². The molecule has 1 aliphatic heterocycles. The van der Waals surface area contributed by atoms with Crippen molar-refractivity contribution in [1.29, 1.82) is 0 Å². The first kappa shape index (κ1) is 26.2. The number of carbonyl (C=O) groups excluding carboxylic acids is 3. The zero-order chi connectivity index (χ0) is 25.8. The van der Waals surface area contributed by atoms with Gasteiger partial charge in [-0.2, -0.15) is 0 Å². The van der Waals surface area contributed by atoms with Crippen molar-refractivity contribution in [2.45, 2.75) is 39.3 Å². The van der Waals surface area contributed by atoms with E-state index in [0.29, 0.717) is 10.8 Å². The number of benzene rings is 1. The Hall–Kier alpha value is -3.40. The summed E-state index contributed by atoms with van der Waals surface area (Å²) < 4.78 is 10.9. The van der Waals surface area contributed by atoms with Gasteiger partial charge < -0.3 is 19.7 Å². The number of nitrogens with zero attached hydrogens (tertiary/aromatic N) is 3. The zero-order valence-corrected chi connectivity index (χ0v) is 21.7. The monoisotopic (exact) mass is 500 g/mol. The van der Waals surface area contributed by atoms with E-state index in [1.54, 1.807) is 46.4 Å². The number of nitrogens with one attached hydrogen (secondary N) is 1. The summed E-state index contributed by atoms with van der Waals surface area (Å²) >= 11 is 1.24. The van der Waals surface area contributed by atoms with Gasteiger partial charge in [-0.3, -0.25) is 9.69 Å². The van der Waals surface area contributed by atoms with Crippen LogP contribution < -0.4 is 10.2 Å². The largest absolute Gasteiger partial charge is 0.466 e. The summed E-state index contributed by atoms with van der Waals surface area (Å²) in [4.78, 5) is 47.8. The minimum atomic E-state index is -1.04. The van der Waals surface area contributed by atoms with Gasteiger partial charge in [-0.25, -0.2) is 14.6 Å². The number of urea groups is 1. The first-order chi connectivity index (χ1) is 16.7. The highest BCUT2D eigenvalue weighted by molar-refractivity contribution is 7.13. The van der Waals surface area contributed by atoms with Crippen molar-refractivity contribution < 1.29 is 23.9 Å². The van der Waals surface area contributed by atoms with Crippen LogP contribution in [0.1, 0.15) is 33.3 Å². The second-order valence-electron chi connectivity index (χ2n) is 8.49. The molecule has 10 heteroatoms. The van der Waals surface area contributed by atoms with Crippen molar-refractivity contribution >= 4 is 34.4 Å². The van der Waals surface area contributed by atoms with Crippen LogP contribution in [0.25, 0.3) is 0 Å². The summed E-state index contributed by atoms with van der Waals surface area (Å²) in [5.74, 6) is -2.15. The zero-order valence-electron chi connectivity index (χ0n) is 20.9. The SMILES string of the molecule is CCOC(=O)C1=C(C)NC(C)(c2ccccc2)C(C(=O)OCC)C1N(C(=O)N(C)C)c1nccs1. The van der Waals surface area contributed by atoms with Crippen LogP contribution >= 0.6 is 11.3 Å². The number of ether oxygens (including phenoxy) is 2. The minimum Gasteiger partial charge on any atom is -0.466 e. The molecule has 0 radical (unpaired) electrons. The molecule has 3 atom stereocenters. The fourth-order valence-electron chi connectivity index (χ4n) is 4.50. The van der Waals surface area contributed by atoms with Crippen molar-refractivity contribution in [3.8, 4) is 0 Å². The number of hydrogen-bond acceptors (Lipinski definition) is 8. The number of carbonyl (C=O) groups is 3. The van der Waals surface area contributed by atoms with Crippen LogP contribution in [0.15, 0.2) is 53.2 Å². The molecule has 0 fully saturated rings. The Morgan fingerprint density at radius 1 is 1.11 bits per heavy atom. The molecule has 0 saturated heterocycles. The highest BCUT2D eigenvalue weighted by Crippen LogP contribution is 2.44. The molecular weight excluding hydrogens is 468 g/mol. The Labute approximate surface area is 209 Å². The smallest absolute Gasteiger partial charge is 0.337 e. The number of allylic oxidation sites excluding steroid dienone is 1. The summed E-state index contributed by atoms with van der Waals surface area (Å²) in [7, 11) is 3.22. The van der Waals surface area contributed by atoms with E-state index in [1.807, 2.05) is 37.3 Å². The molecule has 35 heavy (non-hydrogen) atoms. The Kier molecular flexibility index (Phi) is 8.16. The van der Waals surface area contributed by atoms with Gasteiger partial charge >= 0.3 is 18.0 Å². The average molecular weight is 501 g/mol. The third-order valence-electron chi connectivity index (χ3n) is 5.99. The number of rotatable bonds is 7. The van der Waals surface area contributed by atoms with Crippen molar-refractivity contribution in [2.24, 2.45) is 5.92 Å². The Bertz CT molecular complexity index is 1090. The summed E-state index contributed by atoms with van der Waals surface area (Å²) in [6.45, 7) is 7.34. The molecule has 3 rings (SSSR count). The van der Waals surface area contributed by atoms with Gasteiger partial charge in [0.05, 0.1) is 30.4 Å². The van der Waals surface area contributed by atoms with E-state index in [4.69, 9.17) is 9.47 Å². The molecule has 0 bridgehead atoms. The van der Waals surface area contributed by atoms with E-state index in [9.17, 15) is 14.4 Å². The molecule has 2 amide bonds. The summed E-state index contributed by atoms with van der Waals surface area (Å²) in [6, 6.07) is 7.98. The van der Waals surface area contributed by atoms with Gasteiger partial charge in [-0.15, -0.1) is 11.3 Å². The predicted octanol–water partition coefficient (Wildman–Crippen LogP) is 3.53. The molecule has 0 aliphatic carbocycles. The first-order valence-corrected chi connectivity index (χ1v) is 12.3. The highest BCUT2D eigenvalue weighted by atomic mass is 32.1. The van der Waals surface area contributed by atoms with Gasteiger partial charge in [0.15, 0.2) is 5.13 Å². The number of hydrogen-bond donors (Lipinski definition) is 1. The first-order valence-electron chi connectivity index (χ1n) is 11.5. The number of amides is 2. The molecule has 9 nitrogen and oxygen atoms in total. The van der Waals surface area contributed by atoms with Gasteiger partial charge in [0.1, 0.15) is 5.92 Å². The number of aromatic nitrogens is 1. The van der Waals surface area contributed by atoms with Crippen molar-refractivity contribution in [1.82, 2.24) is 15.2 Å². The summed E-state index contributed by atoms with van der Waals surface area (Å²) in [5.41, 5.74) is 0.485. The molecule has 1 aromatic carbocycles. The molecule has 188 valence electrons. The Balaban J connectivity index is 2.37. The quantitative estimate of drug-likeness (QED) is 0.581. The predicted molar refractivity (Wildman–Crippen MR) is 134 cm³/mol. The second kappa shape index (κ2) is 10.9. The van der Waals surface area contributed by atoms with Gasteiger partial charge in [0.2, 0.25) is 0 Å².